The smallest absolute Gasteiger partial charge is 0.290 e. The molecule has 0 radical (unpaired) electrons. The van der Waals surface area contributed by atoms with Crippen LogP contribution in [0.1, 0.15) is 46.6 Å². The number of carbonyl (C=O) groups excluding carboxylic acids is 2. The van der Waals surface area contributed by atoms with Crippen LogP contribution in [0.25, 0.3) is 5.69 Å². The maximum atomic E-state index is 12.6. The molecule has 2 amide bonds. The molecule has 0 saturated carbocycles. The summed E-state index contributed by atoms with van der Waals surface area (Å²) in [5.41, 5.74) is 9.46. The van der Waals surface area contributed by atoms with E-state index < -0.39 is 6.10 Å². The molecule has 1 aromatic heterocycles. The molecule has 1 atom stereocenters. The number of carbonyl (C=O) groups is 2. The van der Waals surface area contributed by atoms with E-state index in [0.717, 1.165) is 48.2 Å². The van der Waals surface area contributed by atoms with Gasteiger partial charge in [0.2, 0.25) is 0 Å². The summed E-state index contributed by atoms with van der Waals surface area (Å²) >= 11 is 0. The Labute approximate surface area is 151 Å². The van der Waals surface area contributed by atoms with Crippen molar-refractivity contribution in [2.24, 2.45) is 0 Å². The van der Waals surface area contributed by atoms with Gasteiger partial charge in [-0.05, 0) is 50.7 Å². The zero-order chi connectivity index (χ0) is 18.1. The second-order valence-corrected chi connectivity index (χ2v) is 6.77. The second kappa shape index (κ2) is 6.92. The van der Waals surface area contributed by atoms with E-state index in [2.05, 4.69) is 16.0 Å². The molecule has 2 aromatic rings. The average Bonchev–Trinajstić information content (AvgIpc) is 3.37. The Morgan fingerprint density at radius 3 is 2.81 bits per heavy atom. The predicted octanol–water partition coefficient (Wildman–Crippen LogP) is 1.61. The highest BCUT2D eigenvalue weighted by atomic mass is 16.5. The quantitative estimate of drug-likeness (QED) is 0.820. The second-order valence-electron chi connectivity index (χ2n) is 6.77. The molecule has 1 aliphatic carbocycles. The number of nitrogens with zero attached hydrogens (tertiary/aromatic N) is 2. The number of benzene rings is 1. The van der Waals surface area contributed by atoms with Crippen LogP contribution in [0.4, 0.5) is 0 Å². The van der Waals surface area contributed by atoms with Gasteiger partial charge in [-0.1, -0.05) is 18.2 Å². The zero-order valence-corrected chi connectivity index (χ0v) is 14.7. The van der Waals surface area contributed by atoms with Crippen molar-refractivity contribution in [3.8, 4) is 5.69 Å². The van der Waals surface area contributed by atoms with Crippen molar-refractivity contribution in [3.63, 3.8) is 0 Å². The van der Waals surface area contributed by atoms with E-state index in [1.807, 2.05) is 35.9 Å². The van der Waals surface area contributed by atoms with E-state index in [1.165, 1.54) is 0 Å². The topological polar surface area (TPSA) is 85.3 Å². The molecule has 1 saturated heterocycles. The van der Waals surface area contributed by atoms with Crippen LogP contribution in [0.5, 0.6) is 0 Å². The number of hydrogen-bond acceptors (Lipinski definition) is 4. The van der Waals surface area contributed by atoms with Crippen LogP contribution < -0.4 is 10.9 Å². The van der Waals surface area contributed by atoms with Gasteiger partial charge < -0.3 is 4.74 Å². The minimum Gasteiger partial charge on any atom is -0.368 e. The standard InChI is InChI=1S/C19H22N4O3/c1-12-6-2-3-8-14(12)23-15-9-4-7-13(15)17(22-23)19(25)21-20-18(24)16-10-5-11-26-16/h2-3,6,8,16H,4-5,7,9-11H2,1H3,(H,20,24)(H,21,25). The maximum Gasteiger partial charge on any atom is 0.290 e. The summed E-state index contributed by atoms with van der Waals surface area (Å²) in [7, 11) is 0. The molecule has 0 spiro atoms. The third kappa shape index (κ3) is 2.99. The molecule has 136 valence electrons. The SMILES string of the molecule is Cc1ccccc1-n1nc(C(=O)NNC(=O)C2CCCO2)c2c1CCC2. The number of aryl methyl sites for hydroxylation is 1. The molecular weight excluding hydrogens is 332 g/mol. The summed E-state index contributed by atoms with van der Waals surface area (Å²) in [6.45, 7) is 2.61. The molecule has 2 heterocycles. The Bertz CT molecular complexity index is 852. The van der Waals surface area contributed by atoms with Gasteiger partial charge in [0, 0.05) is 17.9 Å². The van der Waals surface area contributed by atoms with E-state index in [9.17, 15) is 9.59 Å². The number of fused-ring (bicyclic) bond motifs is 1. The molecule has 1 unspecified atom stereocenters. The van der Waals surface area contributed by atoms with Crippen LogP contribution in [-0.2, 0) is 22.4 Å². The molecule has 7 heteroatoms. The minimum atomic E-state index is -0.481. The van der Waals surface area contributed by atoms with Crippen molar-refractivity contribution in [1.82, 2.24) is 20.6 Å². The predicted molar refractivity (Wildman–Crippen MR) is 94.9 cm³/mol. The van der Waals surface area contributed by atoms with Gasteiger partial charge in [0.15, 0.2) is 5.69 Å². The number of aromatic nitrogens is 2. The largest absolute Gasteiger partial charge is 0.368 e. The molecule has 4 rings (SSSR count). The molecule has 1 aromatic carbocycles. The summed E-state index contributed by atoms with van der Waals surface area (Å²) in [4.78, 5) is 24.6. The molecule has 2 aliphatic rings. The van der Waals surface area contributed by atoms with E-state index in [4.69, 9.17) is 4.74 Å². The number of ether oxygens (including phenoxy) is 1. The van der Waals surface area contributed by atoms with Gasteiger partial charge in [-0.2, -0.15) is 5.10 Å². The van der Waals surface area contributed by atoms with Crippen molar-refractivity contribution in [2.45, 2.75) is 45.1 Å². The number of rotatable bonds is 3. The highest BCUT2D eigenvalue weighted by Gasteiger charge is 2.28. The Balaban J connectivity index is 1.55. The lowest BCUT2D eigenvalue weighted by atomic mass is 10.2. The van der Waals surface area contributed by atoms with Crippen LogP contribution in [0.15, 0.2) is 24.3 Å². The molecule has 1 aliphatic heterocycles. The van der Waals surface area contributed by atoms with Gasteiger partial charge in [0.05, 0.1) is 5.69 Å². The third-order valence-corrected chi connectivity index (χ3v) is 5.01. The lowest BCUT2D eigenvalue weighted by Crippen LogP contribution is -2.46. The Kier molecular flexibility index (Phi) is 4.46. The molecule has 26 heavy (non-hydrogen) atoms. The van der Waals surface area contributed by atoms with Crippen LogP contribution in [0.3, 0.4) is 0 Å². The van der Waals surface area contributed by atoms with Crippen molar-refractivity contribution >= 4 is 11.8 Å². The van der Waals surface area contributed by atoms with Gasteiger partial charge in [0.1, 0.15) is 6.10 Å². The van der Waals surface area contributed by atoms with E-state index >= 15 is 0 Å². The first-order valence-corrected chi connectivity index (χ1v) is 9.03. The molecule has 0 bridgehead atoms. The lowest BCUT2D eigenvalue weighted by Gasteiger charge is -2.11. The lowest BCUT2D eigenvalue weighted by molar-refractivity contribution is -0.130. The maximum absolute atomic E-state index is 12.6. The van der Waals surface area contributed by atoms with Crippen molar-refractivity contribution in [2.75, 3.05) is 6.61 Å². The Morgan fingerprint density at radius 2 is 2.04 bits per heavy atom. The number of hydrogen-bond donors (Lipinski definition) is 2. The summed E-state index contributed by atoms with van der Waals surface area (Å²) < 4.78 is 7.19. The first-order chi connectivity index (χ1) is 12.6. The fourth-order valence-electron chi connectivity index (χ4n) is 3.66. The van der Waals surface area contributed by atoms with E-state index in [-0.39, 0.29) is 11.8 Å². The van der Waals surface area contributed by atoms with E-state index in [1.54, 1.807) is 0 Å². The van der Waals surface area contributed by atoms with Crippen LogP contribution >= 0.6 is 0 Å². The fraction of sp³-hybridized carbons (Fsp3) is 0.421. The summed E-state index contributed by atoms with van der Waals surface area (Å²) in [5.74, 6) is -0.701. The molecule has 1 fully saturated rings. The average molecular weight is 354 g/mol. The molecule has 2 N–H and O–H groups in total. The fourth-order valence-corrected chi connectivity index (χ4v) is 3.66. The summed E-state index contributed by atoms with van der Waals surface area (Å²) in [6, 6.07) is 7.98. The third-order valence-electron chi connectivity index (χ3n) is 5.01. The highest BCUT2D eigenvalue weighted by Crippen LogP contribution is 2.28. The first-order valence-electron chi connectivity index (χ1n) is 9.03. The Hall–Kier alpha value is -2.67. The molecule has 7 nitrogen and oxygen atoms in total. The minimum absolute atomic E-state index is 0.314. The van der Waals surface area contributed by atoms with Crippen LogP contribution in [0.2, 0.25) is 0 Å². The highest BCUT2D eigenvalue weighted by molar-refractivity contribution is 5.95. The van der Waals surface area contributed by atoms with Crippen molar-refractivity contribution < 1.29 is 14.3 Å². The molecular formula is C19H22N4O3. The number of nitrogens with one attached hydrogen (secondary N) is 2. The van der Waals surface area contributed by atoms with Crippen molar-refractivity contribution in [3.05, 3.63) is 46.8 Å². The van der Waals surface area contributed by atoms with Crippen molar-refractivity contribution in [1.29, 1.82) is 0 Å². The normalized spacial score (nSPS) is 18.6. The first kappa shape index (κ1) is 16.8. The van der Waals surface area contributed by atoms with E-state index in [0.29, 0.717) is 18.7 Å². The number of amides is 2. The van der Waals surface area contributed by atoms with Gasteiger partial charge in [0.25, 0.3) is 11.8 Å². The summed E-state index contributed by atoms with van der Waals surface area (Å²) in [6.07, 6.45) is 3.78. The van der Waals surface area contributed by atoms with Crippen LogP contribution in [-0.4, -0.2) is 34.3 Å². The number of para-hydroxylation sites is 1. The van der Waals surface area contributed by atoms with Crippen LogP contribution in [0, 0.1) is 6.92 Å². The Morgan fingerprint density at radius 1 is 1.19 bits per heavy atom. The zero-order valence-electron chi connectivity index (χ0n) is 14.7. The van der Waals surface area contributed by atoms with Gasteiger partial charge in [-0.25, -0.2) is 4.68 Å². The monoisotopic (exact) mass is 354 g/mol. The van der Waals surface area contributed by atoms with Gasteiger partial charge >= 0.3 is 0 Å². The number of hydrazine groups is 1. The van der Waals surface area contributed by atoms with Gasteiger partial charge in [-0.15, -0.1) is 0 Å². The van der Waals surface area contributed by atoms with Gasteiger partial charge in [-0.3, -0.25) is 20.4 Å². The summed E-state index contributed by atoms with van der Waals surface area (Å²) in [5, 5.41) is 4.56.